The van der Waals surface area contributed by atoms with Gasteiger partial charge in [0.2, 0.25) is 0 Å². The summed E-state index contributed by atoms with van der Waals surface area (Å²) < 4.78 is 0. The Kier molecular flexibility index (Phi) is 4.16. The van der Waals surface area contributed by atoms with Crippen molar-refractivity contribution >= 4 is 5.78 Å². The number of rotatable bonds is 5. The van der Waals surface area contributed by atoms with E-state index in [1.807, 2.05) is 0 Å². The lowest BCUT2D eigenvalue weighted by Gasteiger charge is -2.05. The number of benzene rings is 1. The molecule has 0 aromatic heterocycles. The summed E-state index contributed by atoms with van der Waals surface area (Å²) in [6, 6.07) is 4.33. The first kappa shape index (κ1) is 11.6. The van der Waals surface area contributed by atoms with Crippen LogP contribution in [-0.2, 0) is 0 Å². The molecule has 15 heavy (non-hydrogen) atoms. The van der Waals surface area contributed by atoms with E-state index in [1.54, 1.807) is 0 Å². The molecule has 0 heterocycles. The molecule has 0 unspecified atom stereocenters. The maximum Gasteiger partial charge on any atom is 0.170 e. The maximum absolute atomic E-state index is 11.6. The highest BCUT2D eigenvalue weighted by atomic mass is 16.3. The lowest BCUT2D eigenvalue weighted by Crippen LogP contribution is -1.99. The van der Waals surface area contributed by atoms with Crippen molar-refractivity contribution in [3.8, 4) is 11.5 Å². The molecule has 0 aliphatic rings. The van der Waals surface area contributed by atoms with Crippen LogP contribution < -0.4 is 0 Å². The van der Waals surface area contributed by atoms with E-state index in [9.17, 15) is 15.0 Å². The number of hydrogen-bond acceptors (Lipinski definition) is 3. The Balaban J connectivity index is 2.73. The summed E-state index contributed by atoms with van der Waals surface area (Å²) >= 11 is 0. The van der Waals surface area contributed by atoms with Gasteiger partial charge in [0, 0.05) is 6.42 Å². The number of Topliss-reactive ketones (excluding diaryl/α,β-unsaturated/α-hetero) is 1. The van der Waals surface area contributed by atoms with E-state index in [2.05, 4.69) is 6.92 Å². The second kappa shape index (κ2) is 5.39. The van der Waals surface area contributed by atoms with Crippen molar-refractivity contribution < 1.29 is 15.0 Å². The van der Waals surface area contributed by atoms with Gasteiger partial charge in [0.25, 0.3) is 0 Å². The van der Waals surface area contributed by atoms with Gasteiger partial charge < -0.3 is 10.2 Å². The Hall–Kier alpha value is -1.51. The molecule has 0 atom stereocenters. The molecule has 82 valence electrons. The first-order valence-corrected chi connectivity index (χ1v) is 5.21. The zero-order valence-electron chi connectivity index (χ0n) is 8.86. The summed E-state index contributed by atoms with van der Waals surface area (Å²) in [5, 5.41) is 18.9. The molecule has 0 bridgehead atoms. The lowest BCUT2D eigenvalue weighted by molar-refractivity contribution is 0.0974. The van der Waals surface area contributed by atoms with E-state index < -0.39 is 0 Å². The Bertz CT molecular complexity index is 324. The van der Waals surface area contributed by atoms with Crippen LogP contribution in [0.3, 0.4) is 0 Å². The minimum atomic E-state index is -0.195. The maximum atomic E-state index is 11.6. The molecule has 1 aromatic carbocycles. The fraction of sp³-hybridized carbons (Fsp3) is 0.417. The summed E-state index contributed by atoms with van der Waals surface area (Å²) in [4.78, 5) is 11.6. The van der Waals surface area contributed by atoms with Gasteiger partial charge in [-0.2, -0.15) is 0 Å². The first-order valence-electron chi connectivity index (χ1n) is 5.21. The van der Waals surface area contributed by atoms with Crippen molar-refractivity contribution in [1.82, 2.24) is 0 Å². The molecule has 0 saturated heterocycles. The molecule has 1 rings (SSSR count). The van der Waals surface area contributed by atoms with E-state index in [4.69, 9.17) is 0 Å². The Labute approximate surface area is 89.4 Å². The summed E-state index contributed by atoms with van der Waals surface area (Å²) in [6.45, 7) is 2.06. The topological polar surface area (TPSA) is 57.5 Å². The van der Waals surface area contributed by atoms with Crippen LogP contribution in [0, 0.1) is 0 Å². The SMILES string of the molecule is CCCCCC(=O)c1c(O)cccc1O. The quantitative estimate of drug-likeness (QED) is 0.577. The molecule has 0 saturated carbocycles. The third-order valence-electron chi connectivity index (χ3n) is 2.31. The molecule has 0 aliphatic heterocycles. The highest BCUT2D eigenvalue weighted by molar-refractivity contribution is 6.00. The second-order valence-corrected chi connectivity index (χ2v) is 3.55. The van der Waals surface area contributed by atoms with Crippen molar-refractivity contribution in [2.75, 3.05) is 0 Å². The fourth-order valence-electron chi connectivity index (χ4n) is 1.47. The Morgan fingerprint density at radius 1 is 1.20 bits per heavy atom. The van der Waals surface area contributed by atoms with Gasteiger partial charge in [-0.25, -0.2) is 0 Å². The minimum absolute atomic E-state index is 0.0496. The van der Waals surface area contributed by atoms with Crippen molar-refractivity contribution in [3.63, 3.8) is 0 Å². The monoisotopic (exact) mass is 208 g/mol. The summed E-state index contributed by atoms with van der Waals surface area (Å²) in [5.74, 6) is -0.480. The van der Waals surface area contributed by atoms with E-state index in [0.717, 1.165) is 19.3 Å². The van der Waals surface area contributed by atoms with Crippen LogP contribution >= 0.6 is 0 Å². The van der Waals surface area contributed by atoms with Crippen LogP contribution in [0.1, 0.15) is 43.0 Å². The summed E-state index contributed by atoms with van der Waals surface area (Å²) in [5.41, 5.74) is 0.0496. The standard InChI is InChI=1S/C12H16O3/c1-2-3-4-6-9(13)12-10(14)7-5-8-11(12)15/h5,7-8,14-15H,2-4,6H2,1H3. The largest absolute Gasteiger partial charge is 0.507 e. The number of phenols is 2. The third kappa shape index (κ3) is 2.98. The summed E-state index contributed by atoms with van der Waals surface area (Å²) in [7, 11) is 0. The molecule has 2 N–H and O–H groups in total. The smallest absolute Gasteiger partial charge is 0.170 e. The highest BCUT2D eigenvalue weighted by Crippen LogP contribution is 2.27. The predicted octanol–water partition coefficient (Wildman–Crippen LogP) is 2.86. The minimum Gasteiger partial charge on any atom is -0.507 e. The molecule has 0 fully saturated rings. The van der Waals surface area contributed by atoms with Crippen LogP contribution in [0.15, 0.2) is 18.2 Å². The van der Waals surface area contributed by atoms with Crippen LogP contribution in [0.5, 0.6) is 11.5 Å². The molecule has 0 aliphatic carbocycles. The number of ketones is 1. The number of hydrogen-bond donors (Lipinski definition) is 2. The fourth-order valence-corrected chi connectivity index (χ4v) is 1.47. The first-order chi connectivity index (χ1) is 7.16. The van der Waals surface area contributed by atoms with E-state index in [1.165, 1.54) is 18.2 Å². The molecule has 3 heteroatoms. The third-order valence-corrected chi connectivity index (χ3v) is 2.31. The zero-order valence-corrected chi connectivity index (χ0v) is 8.86. The molecule has 0 amide bonds. The van der Waals surface area contributed by atoms with Crippen molar-refractivity contribution in [3.05, 3.63) is 23.8 Å². The van der Waals surface area contributed by atoms with Gasteiger partial charge in [-0.05, 0) is 18.6 Å². The molecular weight excluding hydrogens is 192 g/mol. The summed E-state index contributed by atoms with van der Waals surface area (Å²) in [6.07, 6.45) is 3.20. The molecular formula is C12H16O3. The molecule has 1 aromatic rings. The Morgan fingerprint density at radius 3 is 2.33 bits per heavy atom. The number of carbonyl (C=O) groups excluding carboxylic acids is 1. The molecule has 3 nitrogen and oxygen atoms in total. The van der Waals surface area contributed by atoms with E-state index in [0.29, 0.717) is 6.42 Å². The van der Waals surface area contributed by atoms with Crippen LogP contribution in [0.4, 0.5) is 0 Å². The van der Waals surface area contributed by atoms with Gasteiger partial charge >= 0.3 is 0 Å². The van der Waals surface area contributed by atoms with Crippen molar-refractivity contribution in [2.24, 2.45) is 0 Å². The average molecular weight is 208 g/mol. The van der Waals surface area contributed by atoms with Crippen LogP contribution in [0.25, 0.3) is 0 Å². The Morgan fingerprint density at radius 2 is 1.80 bits per heavy atom. The van der Waals surface area contributed by atoms with E-state index >= 15 is 0 Å². The predicted molar refractivity (Wildman–Crippen MR) is 58.2 cm³/mol. The van der Waals surface area contributed by atoms with Crippen LogP contribution in [0.2, 0.25) is 0 Å². The van der Waals surface area contributed by atoms with Gasteiger partial charge in [-0.1, -0.05) is 25.8 Å². The second-order valence-electron chi connectivity index (χ2n) is 3.55. The molecule has 0 spiro atoms. The van der Waals surface area contributed by atoms with Gasteiger partial charge in [0.15, 0.2) is 5.78 Å². The van der Waals surface area contributed by atoms with Crippen molar-refractivity contribution in [1.29, 1.82) is 0 Å². The average Bonchev–Trinajstić information content (AvgIpc) is 2.18. The van der Waals surface area contributed by atoms with Gasteiger partial charge in [-0.15, -0.1) is 0 Å². The normalized spacial score (nSPS) is 10.2. The number of carbonyl (C=O) groups is 1. The zero-order chi connectivity index (χ0) is 11.3. The highest BCUT2D eigenvalue weighted by Gasteiger charge is 2.14. The van der Waals surface area contributed by atoms with E-state index in [-0.39, 0.29) is 22.8 Å². The van der Waals surface area contributed by atoms with Gasteiger partial charge in [0.05, 0.1) is 0 Å². The van der Waals surface area contributed by atoms with Crippen LogP contribution in [-0.4, -0.2) is 16.0 Å². The lowest BCUT2D eigenvalue weighted by atomic mass is 10.0. The molecule has 0 radical (unpaired) electrons. The number of unbranched alkanes of at least 4 members (excludes halogenated alkanes) is 2. The van der Waals surface area contributed by atoms with Gasteiger partial charge in [0.1, 0.15) is 17.1 Å². The van der Waals surface area contributed by atoms with Gasteiger partial charge in [-0.3, -0.25) is 4.79 Å². The van der Waals surface area contributed by atoms with Crippen molar-refractivity contribution in [2.45, 2.75) is 32.6 Å². The number of phenolic OH excluding ortho intramolecular Hbond substituents is 2. The number of aromatic hydroxyl groups is 2.